The predicted octanol–water partition coefficient (Wildman–Crippen LogP) is 4.01. The lowest BCUT2D eigenvalue weighted by Gasteiger charge is -2.21. The van der Waals surface area contributed by atoms with E-state index in [1.165, 1.54) is 6.92 Å². The third-order valence-electron chi connectivity index (χ3n) is 2.47. The zero-order valence-corrected chi connectivity index (χ0v) is 12.9. The van der Waals surface area contributed by atoms with Gasteiger partial charge in [-0.05, 0) is 31.4 Å². The molecule has 6 heteroatoms. The second kappa shape index (κ2) is 7.09. The Kier molecular flexibility index (Phi) is 6.05. The van der Waals surface area contributed by atoms with Gasteiger partial charge in [0.25, 0.3) is 0 Å². The standard InChI is InChI=1S/C13H19ClNO3P/c1-10(2)9-13(11(3)16)15-19(14,17)18-12-7-5-4-6-8-12/h4-8,10,13H,9H2,1-3H3,(H,15,17)/t13-,19?/m0/s1. The molecule has 0 aromatic heterocycles. The molecule has 0 bridgehead atoms. The summed E-state index contributed by atoms with van der Waals surface area (Å²) in [6.45, 7) is 1.83. The molecule has 4 nitrogen and oxygen atoms in total. The van der Waals surface area contributed by atoms with Gasteiger partial charge in [-0.3, -0.25) is 4.79 Å². The zero-order valence-electron chi connectivity index (χ0n) is 11.3. The Morgan fingerprint density at radius 3 is 2.42 bits per heavy atom. The number of hydrogen-bond acceptors (Lipinski definition) is 3. The fourth-order valence-corrected chi connectivity index (χ4v) is 3.31. The first-order valence-electron chi connectivity index (χ1n) is 6.13. The van der Waals surface area contributed by atoms with Gasteiger partial charge < -0.3 is 4.52 Å². The van der Waals surface area contributed by atoms with E-state index in [2.05, 4.69) is 5.09 Å². The Hall–Kier alpha value is -0.830. The molecule has 0 fully saturated rings. The average Bonchev–Trinajstić information content (AvgIpc) is 2.27. The van der Waals surface area contributed by atoms with Crippen LogP contribution in [0.2, 0.25) is 0 Å². The van der Waals surface area contributed by atoms with E-state index >= 15 is 0 Å². The van der Waals surface area contributed by atoms with E-state index in [4.69, 9.17) is 15.8 Å². The fraction of sp³-hybridized carbons (Fsp3) is 0.462. The molecule has 0 radical (unpaired) electrons. The highest BCUT2D eigenvalue weighted by Gasteiger charge is 2.28. The van der Waals surface area contributed by atoms with Gasteiger partial charge in [-0.2, -0.15) is 0 Å². The number of carbonyl (C=O) groups excluding carboxylic acids is 1. The molecule has 0 saturated heterocycles. The van der Waals surface area contributed by atoms with E-state index in [0.29, 0.717) is 12.2 Å². The number of nitrogens with one attached hydrogen (secondary N) is 1. The van der Waals surface area contributed by atoms with Gasteiger partial charge in [0.2, 0.25) is 0 Å². The molecule has 1 rings (SSSR count). The second-order valence-corrected chi connectivity index (χ2v) is 7.54. The van der Waals surface area contributed by atoms with E-state index in [-0.39, 0.29) is 11.7 Å². The first-order valence-corrected chi connectivity index (χ1v) is 8.66. The number of Topliss-reactive ketones (excluding diaryl/α,β-unsaturated/α-hetero) is 1. The Morgan fingerprint density at radius 2 is 1.95 bits per heavy atom. The van der Waals surface area contributed by atoms with Gasteiger partial charge in [-0.1, -0.05) is 32.0 Å². The molecule has 0 aliphatic carbocycles. The van der Waals surface area contributed by atoms with Crippen LogP contribution in [0.5, 0.6) is 5.75 Å². The molecule has 1 N–H and O–H groups in total. The molecule has 0 aliphatic rings. The largest absolute Gasteiger partial charge is 0.422 e. The van der Waals surface area contributed by atoms with Crippen LogP contribution < -0.4 is 9.61 Å². The number of ketones is 1. The molecule has 106 valence electrons. The SMILES string of the molecule is CC(=O)[C@H](CC(C)C)NP(=O)(Cl)Oc1ccccc1. The summed E-state index contributed by atoms with van der Waals surface area (Å²) < 4.78 is 17.4. The third-order valence-corrected chi connectivity index (χ3v) is 4.04. The van der Waals surface area contributed by atoms with Crippen molar-refractivity contribution in [1.82, 2.24) is 5.09 Å². The van der Waals surface area contributed by atoms with Gasteiger partial charge in [0, 0.05) is 11.2 Å². The van der Waals surface area contributed by atoms with E-state index in [1.807, 2.05) is 19.9 Å². The van der Waals surface area contributed by atoms with Crippen LogP contribution >= 0.6 is 18.1 Å². The molecule has 1 aromatic carbocycles. The quantitative estimate of drug-likeness (QED) is 0.773. The minimum atomic E-state index is -3.58. The number of rotatable bonds is 7. The van der Waals surface area contributed by atoms with Crippen molar-refractivity contribution in [1.29, 1.82) is 0 Å². The van der Waals surface area contributed by atoms with Gasteiger partial charge in [-0.15, -0.1) is 0 Å². The Morgan fingerprint density at radius 1 is 1.37 bits per heavy atom. The maximum absolute atomic E-state index is 12.2. The van der Waals surface area contributed by atoms with Crippen LogP contribution in [0.4, 0.5) is 0 Å². The smallest absolute Gasteiger partial charge is 0.409 e. The normalized spacial score (nSPS) is 15.8. The van der Waals surface area contributed by atoms with Crippen LogP contribution in [0.3, 0.4) is 0 Å². The van der Waals surface area contributed by atoms with Gasteiger partial charge in [0.05, 0.1) is 6.04 Å². The molecule has 2 atom stereocenters. The van der Waals surface area contributed by atoms with Crippen molar-refractivity contribution in [3.05, 3.63) is 30.3 Å². The lowest BCUT2D eigenvalue weighted by atomic mass is 10.0. The summed E-state index contributed by atoms with van der Waals surface area (Å²) in [6, 6.07) is 8.07. The summed E-state index contributed by atoms with van der Waals surface area (Å²) in [5, 5.41) is 2.62. The van der Waals surface area contributed by atoms with Crippen LogP contribution in [-0.4, -0.2) is 11.8 Å². The summed E-state index contributed by atoms with van der Waals surface area (Å²) in [4.78, 5) is 11.5. The van der Waals surface area contributed by atoms with E-state index < -0.39 is 12.9 Å². The molecule has 1 aromatic rings. The van der Waals surface area contributed by atoms with Crippen LogP contribution in [0.25, 0.3) is 0 Å². The highest BCUT2D eigenvalue weighted by atomic mass is 35.7. The number of carbonyl (C=O) groups is 1. The van der Waals surface area contributed by atoms with Crippen molar-refractivity contribution in [2.75, 3.05) is 0 Å². The second-order valence-electron chi connectivity index (χ2n) is 4.81. The molecular formula is C13H19ClNO3P. The van der Waals surface area contributed by atoms with Crippen molar-refractivity contribution in [2.24, 2.45) is 5.92 Å². The minimum Gasteiger partial charge on any atom is -0.422 e. The monoisotopic (exact) mass is 303 g/mol. The van der Waals surface area contributed by atoms with Crippen LogP contribution in [0, 0.1) is 5.92 Å². The van der Waals surface area contributed by atoms with Crippen LogP contribution in [0.15, 0.2) is 30.3 Å². The fourth-order valence-electron chi connectivity index (χ4n) is 1.61. The van der Waals surface area contributed by atoms with Gasteiger partial charge >= 0.3 is 6.87 Å². The van der Waals surface area contributed by atoms with Gasteiger partial charge in [0.15, 0.2) is 0 Å². The topological polar surface area (TPSA) is 55.4 Å². The maximum atomic E-state index is 12.2. The summed E-state index contributed by atoms with van der Waals surface area (Å²) in [6.07, 6.45) is 0.560. The summed E-state index contributed by atoms with van der Waals surface area (Å²) in [5.41, 5.74) is 0. The molecule has 0 amide bonds. The minimum absolute atomic E-state index is 0.105. The Balaban J connectivity index is 2.71. The summed E-state index contributed by atoms with van der Waals surface area (Å²) in [7, 11) is 0. The first-order chi connectivity index (χ1) is 8.80. The number of halogens is 1. The molecule has 1 unspecified atom stereocenters. The Bertz CT molecular complexity index is 464. The molecule has 0 heterocycles. The highest BCUT2D eigenvalue weighted by Crippen LogP contribution is 2.48. The maximum Gasteiger partial charge on any atom is 0.409 e. The van der Waals surface area contributed by atoms with Crippen LogP contribution in [-0.2, 0) is 9.36 Å². The number of benzene rings is 1. The summed E-state index contributed by atoms with van der Waals surface area (Å²) in [5.74, 6) is 0.584. The molecule has 0 saturated carbocycles. The summed E-state index contributed by atoms with van der Waals surface area (Å²) >= 11 is 5.86. The van der Waals surface area contributed by atoms with Gasteiger partial charge in [0.1, 0.15) is 11.5 Å². The Labute approximate surface area is 118 Å². The highest BCUT2D eigenvalue weighted by molar-refractivity contribution is 7.84. The molecule has 0 spiro atoms. The molecular weight excluding hydrogens is 285 g/mol. The first kappa shape index (κ1) is 16.2. The van der Waals surface area contributed by atoms with Crippen molar-refractivity contribution in [2.45, 2.75) is 33.2 Å². The van der Waals surface area contributed by atoms with Crippen molar-refractivity contribution in [3.63, 3.8) is 0 Å². The number of para-hydroxylation sites is 1. The molecule has 19 heavy (non-hydrogen) atoms. The average molecular weight is 304 g/mol. The van der Waals surface area contributed by atoms with Gasteiger partial charge in [-0.25, -0.2) is 9.65 Å². The van der Waals surface area contributed by atoms with E-state index in [0.717, 1.165) is 0 Å². The van der Waals surface area contributed by atoms with E-state index in [1.54, 1.807) is 24.3 Å². The third kappa shape index (κ3) is 6.24. The van der Waals surface area contributed by atoms with Crippen molar-refractivity contribution in [3.8, 4) is 5.75 Å². The lowest BCUT2D eigenvalue weighted by Crippen LogP contribution is -2.34. The zero-order chi connectivity index (χ0) is 14.5. The van der Waals surface area contributed by atoms with Crippen molar-refractivity contribution < 1.29 is 13.9 Å². The predicted molar refractivity (Wildman–Crippen MR) is 77.6 cm³/mol. The van der Waals surface area contributed by atoms with Crippen LogP contribution in [0.1, 0.15) is 27.2 Å². The lowest BCUT2D eigenvalue weighted by molar-refractivity contribution is -0.118. The number of hydrogen-bond donors (Lipinski definition) is 1. The molecule has 0 aliphatic heterocycles. The van der Waals surface area contributed by atoms with Crippen molar-refractivity contribution >= 4 is 23.9 Å². The van der Waals surface area contributed by atoms with E-state index in [9.17, 15) is 9.36 Å².